The van der Waals surface area contributed by atoms with Crippen LogP contribution in [-0.4, -0.2) is 73.3 Å². The molecule has 9 nitrogen and oxygen atoms in total. The summed E-state index contributed by atoms with van der Waals surface area (Å²) in [6, 6.07) is 5.72. The van der Waals surface area contributed by atoms with Crippen LogP contribution >= 0.6 is 11.6 Å². The van der Waals surface area contributed by atoms with E-state index >= 15 is 0 Å². The molecule has 0 amide bonds. The van der Waals surface area contributed by atoms with E-state index in [0.717, 1.165) is 47.8 Å². The first-order chi connectivity index (χ1) is 17.7. The van der Waals surface area contributed by atoms with E-state index < -0.39 is 6.10 Å². The lowest BCUT2D eigenvalue weighted by atomic mass is 9.80. The molecular weight excluding hydrogens is 494 g/mol. The molecule has 0 saturated heterocycles. The van der Waals surface area contributed by atoms with Crippen LogP contribution in [0, 0.1) is 26.7 Å². The van der Waals surface area contributed by atoms with Crippen molar-refractivity contribution in [2.24, 2.45) is 5.92 Å². The highest BCUT2D eigenvalue weighted by Gasteiger charge is 2.34. The normalized spacial score (nSPS) is 17.9. The van der Waals surface area contributed by atoms with Gasteiger partial charge in [0.1, 0.15) is 30.0 Å². The van der Waals surface area contributed by atoms with Gasteiger partial charge in [-0.3, -0.25) is 0 Å². The van der Waals surface area contributed by atoms with Crippen molar-refractivity contribution in [2.45, 2.75) is 45.8 Å². The van der Waals surface area contributed by atoms with E-state index in [9.17, 15) is 5.11 Å². The maximum absolute atomic E-state index is 10.0. The molecule has 1 aliphatic rings. The van der Waals surface area contributed by atoms with Gasteiger partial charge in [0, 0.05) is 44.5 Å². The zero-order chi connectivity index (χ0) is 26.7. The molecule has 10 heteroatoms. The number of aliphatic hydroxyl groups is 1. The molecule has 0 aliphatic heterocycles. The number of hydrogen-bond acceptors (Lipinski definition) is 9. The molecule has 0 bridgehead atoms. The lowest BCUT2D eigenvalue weighted by Crippen LogP contribution is -2.44. The van der Waals surface area contributed by atoms with Crippen LogP contribution in [0.3, 0.4) is 0 Å². The zero-order valence-corrected chi connectivity index (χ0v) is 23.1. The van der Waals surface area contributed by atoms with E-state index in [2.05, 4.69) is 22.4 Å². The third-order valence-corrected chi connectivity index (χ3v) is 7.28. The predicted octanol–water partition coefficient (Wildman–Crippen LogP) is 4.20. The molecule has 37 heavy (non-hydrogen) atoms. The van der Waals surface area contributed by atoms with Gasteiger partial charge in [0.25, 0.3) is 0 Å². The molecule has 2 N–H and O–H groups in total. The van der Waals surface area contributed by atoms with Crippen molar-refractivity contribution in [1.29, 1.82) is 0 Å². The zero-order valence-electron chi connectivity index (χ0n) is 22.3. The minimum Gasteiger partial charge on any atom is -0.491 e. The van der Waals surface area contributed by atoms with E-state index in [1.807, 2.05) is 26.8 Å². The summed E-state index contributed by atoms with van der Waals surface area (Å²) < 4.78 is 16.6. The van der Waals surface area contributed by atoms with Crippen LogP contribution in [-0.2, 0) is 4.74 Å². The smallest absolute Gasteiger partial charge is 0.163 e. The Labute approximate surface area is 223 Å². The number of nitrogens with one attached hydrogen (secondary N) is 1. The molecule has 0 spiro atoms. The Hall–Kier alpha value is -2.72. The predicted molar refractivity (Wildman–Crippen MR) is 144 cm³/mol. The monoisotopic (exact) mass is 529 g/mol. The molecular formula is C27H36ClN5O4. The number of ether oxygens (including phenoxy) is 2. The van der Waals surface area contributed by atoms with Crippen LogP contribution in [0.5, 0.6) is 5.75 Å². The number of methoxy groups -OCH3 is 1. The standard InChI is InChI=1S/C27H36ClN5O4/c1-15-25(24-16(2)32-37-17(24)3)30-26(31-27(15)33(5)19-9-18(10-19)13-35-6)22-11-21(7-8-23(22)28)36-14-20(34)12-29-4/h7-8,11,18-20,29,34H,9-10,12-14H2,1-6H3/t18?,19?,20-/m1/s1. The SMILES string of the molecule is CNC[C@@H](O)COc1ccc(Cl)c(-c2nc(-c3c(C)noc3C)c(C)c(N(C)C3CC(COC)C3)n2)c1. The molecule has 1 aliphatic carbocycles. The lowest BCUT2D eigenvalue weighted by Gasteiger charge is -2.42. The molecule has 1 fully saturated rings. The molecule has 1 atom stereocenters. The highest BCUT2D eigenvalue weighted by molar-refractivity contribution is 6.33. The largest absolute Gasteiger partial charge is 0.491 e. The first-order valence-electron chi connectivity index (χ1n) is 12.5. The second-order valence-electron chi connectivity index (χ2n) is 9.77. The maximum Gasteiger partial charge on any atom is 0.163 e. The fourth-order valence-corrected chi connectivity index (χ4v) is 5.05. The summed E-state index contributed by atoms with van der Waals surface area (Å²) in [4.78, 5) is 12.2. The topological polar surface area (TPSA) is 106 Å². The van der Waals surface area contributed by atoms with Gasteiger partial charge in [-0.05, 0) is 64.8 Å². The van der Waals surface area contributed by atoms with Crippen molar-refractivity contribution in [3.8, 4) is 28.4 Å². The molecule has 2 heterocycles. The second kappa shape index (κ2) is 11.8. The second-order valence-corrected chi connectivity index (χ2v) is 10.2. The first kappa shape index (κ1) is 27.3. The van der Waals surface area contributed by atoms with Crippen molar-refractivity contribution >= 4 is 17.4 Å². The minimum absolute atomic E-state index is 0.152. The summed E-state index contributed by atoms with van der Waals surface area (Å²) in [5.74, 6) is 3.16. The number of aromatic nitrogens is 3. The van der Waals surface area contributed by atoms with E-state index in [-0.39, 0.29) is 6.61 Å². The highest BCUT2D eigenvalue weighted by Crippen LogP contribution is 2.40. The van der Waals surface area contributed by atoms with Crippen molar-refractivity contribution in [3.05, 3.63) is 40.2 Å². The third-order valence-electron chi connectivity index (χ3n) is 6.95. The molecule has 4 rings (SSSR count). The van der Waals surface area contributed by atoms with Crippen molar-refractivity contribution in [2.75, 3.05) is 45.9 Å². The van der Waals surface area contributed by atoms with Gasteiger partial charge in [-0.2, -0.15) is 0 Å². The van der Waals surface area contributed by atoms with Crippen molar-refractivity contribution in [1.82, 2.24) is 20.4 Å². The Morgan fingerprint density at radius 2 is 2.00 bits per heavy atom. The average Bonchev–Trinajstić information content (AvgIpc) is 3.18. The Morgan fingerprint density at radius 3 is 2.65 bits per heavy atom. The number of aryl methyl sites for hydroxylation is 2. The average molecular weight is 530 g/mol. The summed E-state index contributed by atoms with van der Waals surface area (Å²) in [6.45, 7) is 7.19. The Balaban J connectivity index is 1.75. The number of halogens is 1. The quantitative estimate of drug-likeness (QED) is 0.378. The van der Waals surface area contributed by atoms with Gasteiger partial charge in [-0.25, -0.2) is 9.97 Å². The molecule has 1 aromatic carbocycles. The van der Waals surface area contributed by atoms with Crippen LogP contribution < -0.4 is 15.0 Å². The van der Waals surface area contributed by atoms with Gasteiger partial charge >= 0.3 is 0 Å². The van der Waals surface area contributed by atoms with Crippen molar-refractivity contribution < 1.29 is 19.1 Å². The molecule has 2 aromatic heterocycles. The summed E-state index contributed by atoms with van der Waals surface area (Å²) in [6.07, 6.45) is 1.46. The molecule has 3 aromatic rings. The summed E-state index contributed by atoms with van der Waals surface area (Å²) in [5.41, 5.74) is 4.00. The molecule has 1 saturated carbocycles. The number of rotatable bonds is 11. The maximum atomic E-state index is 10.0. The summed E-state index contributed by atoms with van der Waals surface area (Å²) in [7, 11) is 5.61. The van der Waals surface area contributed by atoms with Gasteiger partial charge in [0.2, 0.25) is 0 Å². The summed E-state index contributed by atoms with van der Waals surface area (Å²) in [5, 5.41) is 17.6. The van der Waals surface area contributed by atoms with E-state index in [1.165, 1.54) is 0 Å². The van der Waals surface area contributed by atoms with Gasteiger partial charge in [0.15, 0.2) is 5.82 Å². The van der Waals surface area contributed by atoms with Gasteiger partial charge in [-0.15, -0.1) is 0 Å². The highest BCUT2D eigenvalue weighted by atomic mass is 35.5. The van der Waals surface area contributed by atoms with Crippen LogP contribution in [0.15, 0.2) is 22.7 Å². The fourth-order valence-electron chi connectivity index (χ4n) is 4.85. The Kier molecular flexibility index (Phi) is 8.69. The number of hydrogen-bond donors (Lipinski definition) is 2. The molecule has 200 valence electrons. The first-order valence-corrected chi connectivity index (χ1v) is 12.9. The summed E-state index contributed by atoms with van der Waals surface area (Å²) >= 11 is 6.66. The number of aliphatic hydroxyl groups excluding tert-OH is 1. The van der Waals surface area contributed by atoms with Gasteiger partial charge in [0.05, 0.1) is 22.0 Å². The minimum atomic E-state index is -0.629. The fraction of sp³-hybridized carbons (Fsp3) is 0.519. The third kappa shape index (κ3) is 5.90. The number of nitrogens with zero attached hydrogens (tertiary/aromatic N) is 4. The van der Waals surface area contributed by atoms with Crippen molar-refractivity contribution in [3.63, 3.8) is 0 Å². The van der Waals surface area contributed by atoms with Crippen LogP contribution in [0.25, 0.3) is 22.6 Å². The number of anilines is 1. The van der Waals surface area contributed by atoms with Gasteiger partial charge in [-0.1, -0.05) is 16.8 Å². The Morgan fingerprint density at radius 1 is 1.24 bits per heavy atom. The lowest BCUT2D eigenvalue weighted by molar-refractivity contribution is 0.0978. The van der Waals surface area contributed by atoms with Crippen LogP contribution in [0.2, 0.25) is 5.02 Å². The van der Waals surface area contributed by atoms with E-state index in [4.69, 9.17) is 35.6 Å². The number of likely N-dealkylation sites (N-methyl/N-ethyl adjacent to an activating group) is 1. The van der Waals surface area contributed by atoms with Gasteiger partial charge < -0.3 is 29.3 Å². The van der Waals surface area contributed by atoms with E-state index in [0.29, 0.717) is 46.4 Å². The van der Waals surface area contributed by atoms with Crippen LogP contribution in [0.1, 0.15) is 29.9 Å². The van der Waals surface area contributed by atoms with E-state index in [1.54, 1.807) is 26.3 Å². The molecule has 0 radical (unpaired) electrons. The number of benzene rings is 1. The molecule has 0 unspecified atom stereocenters. The Bertz CT molecular complexity index is 1210. The van der Waals surface area contributed by atoms with Crippen LogP contribution in [0.4, 0.5) is 5.82 Å².